The minimum atomic E-state index is 1.35. The molecule has 1 aliphatic rings. The molecule has 1 rings (SSSR count). The third-order valence-electron chi connectivity index (χ3n) is 2.82. The molecule has 0 unspecified atom stereocenters. The monoisotopic (exact) mass is 188 g/mol. The average Bonchev–Trinajstić information content (AvgIpc) is 2.07. The Kier molecular flexibility index (Phi) is 4.44. The molecule has 72 valence electrons. The zero-order valence-corrected chi connectivity index (χ0v) is 9.33. The largest absolute Gasteiger partial charge is 0.322 e. The summed E-state index contributed by atoms with van der Waals surface area (Å²) in [7, 11) is 0. The lowest BCUT2D eigenvalue weighted by atomic mass is 10.2. The van der Waals surface area contributed by atoms with Gasteiger partial charge in [-0.25, -0.2) is 0 Å². The topological polar surface area (TPSA) is 0 Å². The van der Waals surface area contributed by atoms with Crippen LogP contribution in [0.3, 0.4) is 0 Å². The van der Waals surface area contributed by atoms with Gasteiger partial charge in [0, 0.05) is 11.5 Å². The summed E-state index contributed by atoms with van der Waals surface area (Å²) in [5, 5.41) is 0. The summed E-state index contributed by atoms with van der Waals surface area (Å²) >= 11 is 2.13. The van der Waals surface area contributed by atoms with Crippen LogP contribution in [0.5, 0.6) is 0 Å². The lowest BCUT2D eigenvalue weighted by molar-refractivity contribution is -0.924. The molecule has 12 heavy (non-hydrogen) atoms. The Morgan fingerprint density at radius 3 is 1.92 bits per heavy atom. The highest BCUT2D eigenvalue weighted by Gasteiger charge is 2.27. The van der Waals surface area contributed by atoms with Gasteiger partial charge in [0.25, 0.3) is 0 Å². The van der Waals surface area contributed by atoms with Crippen molar-refractivity contribution in [3.8, 4) is 0 Å². The van der Waals surface area contributed by atoms with Crippen LogP contribution in [-0.2, 0) is 0 Å². The van der Waals surface area contributed by atoms with Crippen molar-refractivity contribution < 1.29 is 4.48 Å². The molecule has 0 atom stereocenters. The van der Waals surface area contributed by atoms with E-state index in [1.165, 1.54) is 55.0 Å². The van der Waals surface area contributed by atoms with E-state index in [1.54, 1.807) is 0 Å². The molecule has 0 aromatic carbocycles. The van der Waals surface area contributed by atoms with Gasteiger partial charge < -0.3 is 4.48 Å². The van der Waals surface area contributed by atoms with Crippen LogP contribution in [0.15, 0.2) is 0 Å². The van der Waals surface area contributed by atoms with Crippen LogP contribution >= 0.6 is 11.8 Å². The van der Waals surface area contributed by atoms with Crippen molar-refractivity contribution in [2.45, 2.75) is 26.7 Å². The molecule has 1 saturated heterocycles. The summed E-state index contributed by atoms with van der Waals surface area (Å²) < 4.78 is 1.42. The molecule has 1 aliphatic heterocycles. The highest BCUT2D eigenvalue weighted by atomic mass is 32.2. The fourth-order valence-electron chi connectivity index (χ4n) is 2.24. The normalized spacial score (nSPS) is 22.5. The Morgan fingerprint density at radius 2 is 1.50 bits per heavy atom. The van der Waals surface area contributed by atoms with E-state index < -0.39 is 0 Å². The lowest BCUT2D eigenvalue weighted by Gasteiger charge is -2.41. The van der Waals surface area contributed by atoms with Gasteiger partial charge in [0.05, 0.1) is 26.2 Å². The third-order valence-corrected chi connectivity index (χ3v) is 3.76. The predicted molar refractivity (Wildman–Crippen MR) is 57.6 cm³/mol. The van der Waals surface area contributed by atoms with Crippen molar-refractivity contribution in [1.29, 1.82) is 0 Å². The van der Waals surface area contributed by atoms with Crippen LogP contribution < -0.4 is 0 Å². The molecule has 0 aromatic rings. The second-order valence-electron chi connectivity index (χ2n) is 3.85. The molecule has 0 N–H and O–H groups in total. The summed E-state index contributed by atoms with van der Waals surface area (Å²) in [6.45, 7) is 10.3. The molecular formula is C10H22NS+. The van der Waals surface area contributed by atoms with Crippen molar-refractivity contribution in [3.05, 3.63) is 0 Å². The Bertz CT molecular complexity index is 103. The van der Waals surface area contributed by atoms with Crippen molar-refractivity contribution >= 4 is 11.8 Å². The molecule has 0 amide bonds. The Balaban J connectivity index is 2.44. The number of thioether (sulfide) groups is 1. The first-order valence-electron chi connectivity index (χ1n) is 5.26. The minimum absolute atomic E-state index is 1.35. The lowest BCUT2D eigenvalue weighted by Crippen LogP contribution is -2.54. The van der Waals surface area contributed by atoms with Crippen LogP contribution in [0.2, 0.25) is 0 Å². The summed E-state index contributed by atoms with van der Waals surface area (Å²) in [4.78, 5) is 0. The zero-order chi connectivity index (χ0) is 8.86. The molecule has 0 spiro atoms. The average molecular weight is 188 g/mol. The quantitative estimate of drug-likeness (QED) is 0.610. The Hall–Kier alpha value is 0.310. The van der Waals surface area contributed by atoms with Crippen LogP contribution in [-0.4, -0.2) is 42.2 Å². The molecule has 1 fully saturated rings. The summed E-state index contributed by atoms with van der Waals surface area (Å²) in [6, 6.07) is 0. The van der Waals surface area contributed by atoms with Crippen molar-refractivity contribution in [2.24, 2.45) is 0 Å². The third kappa shape index (κ3) is 2.67. The molecule has 0 aromatic heterocycles. The first kappa shape index (κ1) is 10.4. The van der Waals surface area contributed by atoms with Crippen LogP contribution in [0.4, 0.5) is 0 Å². The maximum Gasteiger partial charge on any atom is 0.0878 e. The van der Waals surface area contributed by atoms with Gasteiger partial charge in [0.2, 0.25) is 0 Å². The van der Waals surface area contributed by atoms with E-state index in [4.69, 9.17) is 0 Å². The number of rotatable bonds is 4. The fourth-order valence-corrected chi connectivity index (χ4v) is 3.47. The smallest absolute Gasteiger partial charge is 0.0878 e. The van der Waals surface area contributed by atoms with Gasteiger partial charge in [-0.1, -0.05) is 13.8 Å². The van der Waals surface area contributed by atoms with Gasteiger partial charge in [0.15, 0.2) is 0 Å². The first-order valence-corrected chi connectivity index (χ1v) is 6.41. The summed E-state index contributed by atoms with van der Waals surface area (Å²) in [5.74, 6) is 2.78. The maximum absolute atomic E-state index is 2.32. The standard InChI is InChI=1S/C10H22NS/c1-3-5-11(6-4-2)7-9-12-10-8-11/h3-10H2,1-2H3/q+1. The molecule has 0 saturated carbocycles. The highest BCUT2D eigenvalue weighted by molar-refractivity contribution is 7.99. The van der Waals surface area contributed by atoms with Crippen molar-refractivity contribution in [2.75, 3.05) is 37.7 Å². The van der Waals surface area contributed by atoms with E-state index in [2.05, 4.69) is 25.6 Å². The number of quaternary nitrogens is 1. The van der Waals surface area contributed by atoms with Gasteiger partial charge >= 0.3 is 0 Å². The van der Waals surface area contributed by atoms with Gasteiger partial charge in [-0.05, 0) is 12.8 Å². The maximum atomic E-state index is 2.32. The van der Waals surface area contributed by atoms with Crippen LogP contribution in [0, 0.1) is 0 Å². The second-order valence-corrected chi connectivity index (χ2v) is 5.07. The van der Waals surface area contributed by atoms with Gasteiger partial charge in [0.1, 0.15) is 0 Å². The highest BCUT2D eigenvalue weighted by Crippen LogP contribution is 2.19. The van der Waals surface area contributed by atoms with Gasteiger partial charge in [-0.3, -0.25) is 0 Å². The van der Waals surface area contributed by atoms with E-state index >= 15 is 0 Å². The fraction of sp³-hybridized carbons (Fsp3) is 1.00. The second kappa shape index (κ2) is 5.13. The predicted octanol–water partition coefficient (Wildman–Crippen LogP) is 2.37. The SMILES string of the molecule is CCC[N+]1(CCC)CCSCC1. The van der Waals surface area contributed by atoms with E-state index in [1.807, 2.05) is 0 Å². The molecule has 0 bridgehead atoms. The van der Waals surface area contributed by atoms with Crippen molar-refractivity contribution in [1.82, 2.24) is 0 Å². The summed E-state index contributed by atoms with van der Waals surface area (Å²) in [5.41, 5.74) is 0. The molecule has 1 nitrogen and oxygen atoms in total. The number of hydrogen-bond acceptors (Lipinski definition) is 1. The van der Waals surface area contributed by atoms with E-state index in [-0.39, 0.29) is 0 Å². The van der Waals surface area contributed by atoms with Gasteiger partial charge in [-0.2, -0.15) is 11.8 Å². The molecule has 2 heteroatoms. The van der Waals surface area contributed by atoms with E-state index in [0.717, 1.165) is 0 Å². The summed E-state index contributed by atoms with van der Waals surface area (Å²) in [6.07, 6.45) is 2.70. The van der Waals surface area contributed by atoms with Crippen LogP contribution in [0.1, 0.15) is 26.7 Å². The van der Waals surface area contributed by atoms with E-state index in [9.17, 15) is 0 Å². The zero-order valence-electron chi connectivity index (χ0n) is 8.51. The molecule has 0 aliphatic carbocycles. The van der Waals surface area contributed by atoms with Crippen molar-refractivity contribution in [3.63, 3.8) is 0 Å². The van der Waals surface area contributed by atoms with E-state index in [0.29, 0.717) is 0 Å². The first-order chi connectivity index (χ1) is 5.83. The Morgan fingerprint density at radius 1 is 1.00 bits per heavy atom. The molecular weight excluding hydrogens is 166 g/mol. The Labute approximate surface area is 81.1 Å². The number of hydrogen-bond donors (Lipinski definition) is 0. The minimum Gasteiger partial charge on any atom is -0.322 e. The van der Waals surface area contributed by atoms with Gasteiger partial charge in [-0.15, -0.1) is 0 Å². The molecule has 1 heterocycles. The number of nitrogens with zero attached hydrogens (tertiary/aromatic N) is 1. The van der Waals surface area contributed by atoms with Crippen LogP contribution in [0.25, 0.3) is 0 Å². The molecule has 0 radical (unpaired) electrons.